The number of nitrogens with one attached hydrogen (secondary N) is 1. The Kier molecular flexibility index (Phi) is 5.02. The molecule has 3 aromatic rings. The number of rotatable bonds is 5. The summed E-state index contributed by atoms with van der Waals surface area (Å²) in [5.41, 5.74) is 5.06. The minimum atomic E-state index is -0.402. The molecule has 1 heterocycles. The molecule has 0 saturated carbocycles. The van der Waals surface area contributed by atoms with Crippen LogP contribution in [0.3, 0.4) is 0 Å². The molecule has 0 atom stereocenters. The van der Waals surface area contributed by atoms with Crippen LogP contribution >= 0.6 is 11.6 Å². The van der Waals surface area contributed by atoms with E-state index in [0.29, 0.717) is 23.0 Å². The minimum Gasteiger partial charge on any atom is -0.497 e. The number of nitrogens with zero attached hydrogens (tertiary/aromatic N) is 2. The maximum atomic E-state index is 12.1. The van der Waals surface area contributed by atoms with E-state index in [1.807, 2.05) is 36.4 Å². The summed E-state index contributed by atoms with van der Waals surface area (Å²) >= 11 is 5.91. The van der Waals surface area contributed by atoms with E-state index in [4.69, 9.17) is 22.2 Å². The summed E-state index contributed by atoms with van der Waals surface area (Å²) in [6.07, 6.45) is 0. The van der Waals surface area contributed by atoms with Gasteiger partial charge < -0.3 is 4.74 Å². The zero-order valence-corrected chi connectivity index (χ0v) is 14.3. The van der Waals surface area contributed by atoms with Gasteiger partial charge in [0.1, 0.15) is 11.4 Å². The molecule has 7 heteroatoms. The number of amides is 1. The van der Waals surface area contributed by atoms with Gasteiger partial charge in [0.15, 0.2) is 0 Å². The van der Waals surface area contributed by atoms with Gasteiger partial charge in [0.25, 0.3) is 5.91 Å². The first-order valence-electron chi connectivity index (χ1n) is 7.58. The van der Waals surface area contributed by atoms with Gasteiger partial charge in [0, 0.05) is 10.6 Å². The highest BCUT2D eigenvalue weighted by atomic mass is 35.5. The van der Waals surface area contributed by atoms with Gasteiger partial charge in [-0.15, -0.1) is 0 Å². The van der Waals surface area contributed by atoms with Crippen molar-refractivity contribution in [1.29, 1.82) is 0 Å². The molecule has 6 nitrogen and oxygen atoms in total. The minimum absolute atomic E-state index is 0.378. The van der Waals surface area contributed by atoms with Crippen LogP contribution in [0.4, 0.5) is 0 Å². The molecular formula is C18H17ClN4O2. The third-order valence-electron chi connectivity index (χ3n) is 3.78. The monoisotopic (exact) mass is 356 g/mol. The summed E-state index contributed by atoms with van der Waals surface area (Å²) in [5, 5.41) is 5.20. The number of nitrogens with two attached hydrogens (primary N) is 1. The van der Waals surface area contributed by atoms with Crippen LogP contribution in [0.2, 0.25) is 5.02 Å². The lowest BCUT2D eigenvalue weighted by atomic mass is 10.1. The Bertz CT molecular complexity index is 873. The Morgan fingerprint density at radius 2 is 1.88 bits per heavy atom. The van der Waals surface area contributed by atoms with Crippen molar-refractivity contribution in [3.8, 4) is 17.0 Å². The summed E-state index contributed by atoms with van der Waals surface area (Å²) in [6, 6.07) is 16.5. The van der Waals surface area contributed by atoms with Crippen molar-refractivity contribution >= 4 is 17.5 Å². The number of hydrazine groups is 1. The maximum absolute atomic E-state index is 12.1. The van der Waals surface area contributed by atoms with Gasteiger partial charge in [-0.2, -0.15) is 5.10 Å². The van der Waals surface area contributed by atoms with E-state index < -0.39 is 5.91 Å². The second kappa shape index (κ2) is 7.38. The molecule has 25 heavy (non-hydrogen) atoms. The number of carbonyl (C=O) groups excluding carboxylic acids is 1. The average Bonchev–Trinajstić information content (AvgIpc) is 3.07. The fourth-order valence-electron chi connectivity index (χ4n) is 2.46. The second-order valence-corrected chi connectivity index (χ2v) is 5.84. The van der Waals surface area contributed by atoms with E-state index in [-0.39, 0.29) is 0 Å². The fraction of sp³-hybridized carbons (Fsp3) is 0.111. The zero-order valence-electron chi connectivity index (χ0n) is 13.6. The van der Waals surface area contributed by atoms with Crippen LogP contribution in [-0.2, 0) is 6.54 Å². The molecule has 0 aliphatic heterocycles. The van der Waals surface area contributed by atoms with Crippen molar-refractivity contribution in [3.05, 3.63) is 70.9 Å². The molecule has 0 fully saturated rings. The predicted molar refractivity (Wildman–Crippen MR) is 96.4 cm³/mol. The Labute approximate surface area is 150 Å². The van der Waals surface area contributed by atoms with E-state index in [9.17, 15) is 4.79 Å². The van der Waals surface area contributed by atoms with Gasteiger partial charge in [-0.25, -0.2) is 5.84 Å². The summed E-state index contributed by atoms with van der Waals surface area (Å²) in [4.78, 5) is 12.1. The Hall–Kier alpha value is -2.83. The smallest absolute Gasteiger partial charge is 0.283 e. The van der Waals surface area contributed by atoms with Crippen molar-refractivity contribution in [2.45, 2.75) is 6.54 Å². The summed E-state index contributed by atoms with van der Waals surface area (Å²) in [5.74, 6) is 5.65. The molecule has 0 bridgehead atoms. The highest BCUT2D eigenvalue weighted by molar-refractivity contribution is 6.30. The Morgan fingerprint density at radius 1 is 1.20 bits per heavy atom. The number of benzene rings is 2. The molecule has 3 rings (SSSR count). The van der Waals surface area contributed by atoms with Crippen LogP contribution < -0.4 is 16.0 Å². The molecule has 0 aliphatic rings. The molecule has 1 amide bonds. The van der Waals surface area contributed by atoms with Crippen LogP contribution in [0.25, 0.3) is 11.3 Å². The third kappa shape index (κ3) is 3.81. The van der Waals surface area contributed by atoms with Crippen LogP contribution in [-0.4, -0.2) is 22.8 Å². The van der Waals surface area contributed by atoms with Gasteiger partial charge in [0.05, 0.1) is 19.3 Å². The molecule has 1 aromatic heterocycles. The quantitative estimate of drug-likeness (QED) is 0.418. The second-order valence-electron chi connectivity index (χ2n) is 5.40. The number of hydrogen-bond donors (Lipinski definition) is 2. The first-order valence-corrected chi connectivity index (χ1v) is 7.96. The van der Waals surface area contributed by atoms with Crippen molar-refractivity contribution in [1.82, 2.24) is 15.2 Å². The number of carbonyl (C=O) groups is 1. The van der Waals surface area contributed by atoms with Gasteiger partial charge >= 0.3 is 0 Å². The largest absolute Gasteiger partial charge is 0.497 e. The number of hydrogen-bond acceptors (Lipinski definition) is 4. The molecular weight excluding hydrogens is 340 g/mol. The standard InChI is InChI=1S/C18H17ClN4O2/c1-25-15-8-4-13(5-9-15)16-10-17(18(24)21-20)23(22-16)11-12-2-6-14(19)7-3-12/h2-10H,11,20H2,1H3,(H,21,24). The molecule has 0 spiro atoms. The van der Waals surface area contributed by atoms with Crippen molar-refractivity contribution in [2.75, 3.05) is 7.11 Å². The van der Waals surface area contributed by atoms with Gasteiger partial charge in [0.2, 0.25) is 0 Å². The molecule has 2 aromatic carbocycles. The molecule has 0 unspecified atom stereocenters. The van der Waals surface area contributed by atoms with E-state index in [0.717, 1.165) is 16.9 Å². The highest BCUT2D eigenvalue weighted by Gasteiger charge is 2.16. The van der Waals surface area contributed by atoms with Crippen molar-refractivity contribution < 1.29 is 9.53 Å². The normalized spacial score (nSPS) is 10.5. The van der Waals surface area contributed by atoms with Gasteiger partial charge in [-0.1, -0.05) is 23.7 Å². The lowest BCUT2D eigenvalue weighted by Gasteiger charge is -2.06. The summed E-state index contributed by atoms with van der Waals surface area (Å²) in [7, 11) is 1.61. The van der Waals surface area contributed by atoms with E-state index in [2.05, 4.69) is 10.5 Å². The highest BCUT2D eigenvalue weighted by Crippen LogP contribution is 2.23. The number of halogens is 1. The number of aromatic nitrogens is 2. The Balaban J connectivity index is 1.96. The topological polar surface area (TPSA) is 82.2 Å². The van der Waals surface area contributed by atoms with Gasteiger partial charge in [-0.05, 0) is 48.0 Å². The van der Waals surface area contributed by atoms with E-state index >= 15 is 0 Å². The van der Waals surface area contributed by atoms with Crippen LogP contribution in [0.1, 0.15) is 16.1 Å². The van der Waals surface area contributed by atoms with Crippen molar-refractivity contribution in [3.63, 3.8) is 0 Å². The van der Waals surface area contributed by atoms with Crippen LogP contribution in [0.5, 0.6) is 5.75 Å². The molecule has 3 N–H and O–H groups in total. The predicted octanol–water partition coefficient (Wildman–Crippen LogP) is 2.86. The molecule has 0 radical (unpaired) electrons. The SMILES string of the molecule is COc1ccc(-c2cc(C(=O)NN)n(Cc3ccc(Cl)cc3)n2)cc1. The van der Waals surface area contributed by atoms with Crippen LogP contribution in [0, 0.1) is 0 Å². The first kappa shape index (κ1) is 17.0. The zero-order chi connectivity index (χ0) is 17.8. The van der Waals surface area contributed by atoms with Gasteiger partial charge in [-0.3, -0.25) is 14.9 Å². The average molecular weight is 357 g/mol. The molecule has 0 saturated heterocycles. The van der Waals surface area contributed by atoms with E-state index in [1.54, 1.807) is 30.0 Å². The number of methoxy groups -OCH3 is 1. The first-order chi connectivity index (χ1) is 12.1. The van der Waals surface area contributed by atoms with E-state index in [1.165, 1.54) is 0 Å². The number of ether oxygens (including phenoxy) is 1. The van der Waals surface area contributed by atoms with Crippen LogP contribution in [0.15, 0.2) is 54.6 Å². The lowest BCUT2D eigenvalue weighted by molar-refractivity contribution is 0.0943. The third-order valence-corrected chi connectivity index (χ3v) is 4.03. The number of nitrogen functional groups attached to an aromatic ring is 1. The fourth-order valence-corrected chi connectivity index (χ4v) is 2.59. The Morgan fingerprint density at radius 3 is 2.48 bits per heavy atom. The summed E-state index contributed by atoms with van der Waals surface area (Å²) < 4.78 is 6.78. The summed E-state index contributed by atoms with van der Waals surface area (Å²) in [6.45, 7) is 0.427. The van der Waals surface area contributed by atoms with Crippen molar-refractivity contribution in [2.24, 2.45) is 5.84 Å². The molecule has 0 aliphatic carbocycles. The maximum Gasteiger partial charge on any atom is 0.283 e. The molecule has 128 valence electrons. The lowest BCUT2D eigenvalue weighted by Crippen LogP contribution is -2.32.